The molecule has 1 saturated heterocycles. The molecule has 0 aliphatic carbocycles. The third-order valence-corrected chi connectivity index (χ3v) is 3.97. The highest BCUT2D eigenvalue weighted by atomic mass is 16.5. The van der Waals surface area contributed by atoms with E-state index in [2.05, 4.69) is 43.4 Å². The Kier molecular flexibility index (Phi) is 4.79. The summed E-state index contributed by atoms with van der Waals surface area (Å²) in [5, 5.41) is 3.54. The summed E-state index contributed by atoms with van der Waals surface area (Å²) in [6.45, 7) is 8.34. The predicted molar refractivity (Wildman–Crippen MR) is 75.9 cm³/mol. The van der Waals surface area contributed by atoms with E-state index in [1.807, 2.05) is 0 Å². The Balaban J connectivity index is 2.08. The summed E-state index contributed by atoms with van der Waals surface area (Å²) in [6.07, 6.45) is 3.52. The lowest BCUT2D eigenvalue weighted by molar-refractivity contribution is 0.0152. The Bertz CT molecular complexity index is 369. The van der Waals surface area contributed by atoms with Gasteiger partial charge in [0.25, 0.3) is 0 Å². The third-order valence-electron chi connectivity index (χ3n) is 3.97. The topological polar surface area (TPSA) is 21.3 Å². The molecule has 2 heteroatoms. The molecular formula is C16H25NO. The van der Waals surface area contributed by atoms with Gasteiger partial charge >= 0.3 is 0 Å². The normalized spacial score (nSPS) is 18.8. The summed E-state index contributed by atoms with van der Waals surface area (Å²) < 4.78 is 5.54. The van der Waals surface area contributed by atoms with Crippen molar-refractivity contribution in [3.05, 3.63) is 35.4 Å². The van der Waals surface area contributed by atoms with Gasteiger partial charge in [0.2, 0.25) is 0 Å². The molecule has 1 aromatic carbocycles. The van der Waals surface area contributed by atoms with Crippen LogP contribution in [0.3, 0.4) is 0 Å². The monoisotopic (exact) mass is 247 g/mol. The van der Waals surface area contributed by atoms with Gasteiger partial charge < -0.3 is 10.1 Å². The molecular weight excluding hydrogens is 222 g/mol. The van der Waals surface area contributed by atoms with E-state index in [0.717, 1.165) is 26.3 Å². The van der Waals surface area contributed by atoms with Gasteiger partial charge in [0, 0.05) is 19.8 Å². The van der Waals surface area contributed by atoms with Crippen molar-refractivity contribution in [2.24, 2.45) is 5.41 Å². The summed E-state index contributed by atoms with van der Waals surface area (Å²) >= 11 is 0. The quantitative estimate of drug-likeness (QED) is 0.864. The highest BCUT2D eigenvalue weighted by Gasteiger charge is 2.32. The lowest BCUT2D eigenvalue weighted by atomic mass is 9.75. The average molecular weight is 247 g/mol. The van der Waals surface area contributed by atoms with Crippen LogP contribution in [0.2, 0.25) is 0 Å². The van der Waals surface area contributed by atoms with E-state index in [9.17, 15) is 0 Å². The van der Waals surface area contributed by atoms with Gasteiger partial charge in [-0.2, -0.15) is 0 Å². The molecule has 100 valence electrons. The molecule has 0 unspecified atom stereocenters. The summed E-state index contributed by atoms with van der Waals surface area (Å²) in [5.41, 5.74) is 3.22. The van der Waals surface area contributed by atoms with Crippen molar-refractivity contribution in [2.75, 3.05) is 26.3 Å². The number of benzene rings is 1. The minimum Gasteiger partial charge on any atom is -0.381 e. The standard InChI is InChI=1S/C16H25NO/c1-3-17-13-16(7-9-18-10-8-16)12-15-6-4-5-14(2)11-15/h4-6,11,17H,3,7-10,12-13H2,1-2H3. The van der Waals surface area contributed by atoms with Crippen molar-refractivity contribution in [2.45, 2.75) is 33.1 Å². The van der Waals surface area contributed by atoms with Crippen LogP contribution >= 0.6 is 0 Å². The zero-order valence-electron chi connectivity index (χ0n) is 11.7. The van der Waals surface area contributed by atoms with Crippen LogP contribution in [-0.2, 0) is 11.2 Å². The molecule has 2 rings (SSSR count). The summed E-state index contributed by atoms with van der Waals surface area (Å²) in [7, 11) is 0. The van der Waals surface area contributed by atoms with Crippen molar-refractivity contribution >= 4 is 0 Å². The van der Waals surface area contributed by atoms with Gasteiger partial charge in [0.1, 0.15) is 0 Å². The second-order valence-corrected chi connectivity index (χ2v) is 5.56. The van der Waals surface area contributed by atoms with Crippen molar-refractivity contribution in [1.29, 1.82) is 0 Å². The van der Waals surface area contributed by atoms with Gasteiger partial charge in [-0.1, -0.05) is 36.8 Å². The maximum atomic E-state index is 5.54. The van der Waals surface area contributed by atoms with Crippen LogP contribution in [-0.4, -0.2) is 26.3 Å². The number of aryl methyl sites for hydroxylation is 1. The average Bonchev–Trinajstić information content (AvgIpc) is 2.38. The first-order valence-corrected chi connectivity index (χ1v) is 7.08. The highest BCUT2D eigenvalue weighted by molar-refractivity contribution is 5.23. The van der Waals surface area contributed by atoms with Crippen LogP contribution in [0.15, 0.2) is 24.3 Å². The minimum atomic E-state index is 0.391. The summed E-state index contributed by atoms with van der Waals surface area (Å²) in [6, 6.07) is 8.93. The van der Waals surface area contributed by atoms with Gasteiger partial charge in [-0.3, -0.25) is 0 Å². The van der Waals surface area contributed by atoms with E-state index in [1.165, 1.54) is 30.4 Å². The summed E-state index contributed by atoms with van der Waals surface area (Å²) in [5.74, 6) is 0. The molecule has 1 fully saturated rings. The molecule has 0 radical (unpaired) electrons. The van der Waals surface area contributed by atoms with E-state index in [4.69, 9.17) is 4.74 Å². The Morgan fingerprint density at radius 3 is 2.72 bits per heavy atom. The van der Waals surface area contributed by atoms with Crippen molar-refractivity contribution in [3.8, 4) is 0 Å². The zero-order valence-corrected chi connectivity index (χ0v) is 11.7. The number of hydrogen-bond donors (Lipinski definition) is 1. The summed E-state index contributed by atoms with van der Waals surface area (Å²) in [4.78, 5) is 0. The molecule has 0 amide bonds. The Morgan fingerprint density at radius 2 is 2.06 bits per heavy atom. The van der Waals surface area contributed by atoms with Crippen LogP contribution in [0.25, 0.3) is 0 Å². The van der Waals surface area contributed by atoms with Crippen molar-refractivity contribution in [3.63, 3.8) is 0 Å². The van der Waals surface area contributed by atoms with Crippen LogP contribution < -0.4 is 5.32 Å². The van der Waals surface area contributed by atoms with Crippen LogP contribution in [0, 0.1) is 12.3 Å². The first-order chi connectivity index (χ1) is 8.74. The van der Waals surface area contributed by atoms with Crippen LogP contribution in [0.5, 0.6) is 0 Å². The molecule has 18 heavy (non-hydrogen) atoms. The Labute approximate surface area is 111 Å². The first-order valence-electron chi connectivity index (χ1n) is 7.08. The largest absolute Gasteiger partial charge is 0.381 e. The van der Waals surface area contributed by atoms with E-state index in [0.29, 0.717) is 5.41 Å². The molecule has 0 aromatic heterocycles. The fourth-order valence-corrected chi connectivity index (χ4v) is 2.87. The van der Waals surface area contributed by atoms with Crippen molar-refractivity contribution < 1.29 is 4.74 Å². The molecule has 0 saturated carbocycles. The number of rotatable bonds is 5. The molecule has 1 aromatic rings. The van der Waals surface area contributed by atoms with Gasteiger partial charge in [0.15, 0.2) is 0 Å². The van der Waals surface area contributed by atoms with E-state index in [-0.39, 0.29) is 0 Å². The molecule has 0 bridgehead atoms. The number of nitrogens with one attached hydrogen (secondary N) is 1. The highest BCUT2D eigenvalue weighted by Crippen LogP contribution is 2.33. The van der Waals surface area contributed by atoms with E-state index >= 15 is 0 Å². The fourth-order valence-electron chi connectivity index (χ4n) is 2.87. The second kappa shape index (κ2) is 6.35. The number of ether oxygens (including phenoxy) is 1. The Morgan fingerprint density at radius 1 is 1.28 bits per heavy atom. The van der Waals surface area contributed by atoms with E-state index in [1.54, 1.807) is 0 Å². The predicted octanol–water partition coefficient (Wildman–Crippen LogP) is 2.94. The molecule has 0 spiro atoms. The smallest absolute Gasteiger partial charge is 0.0471 e. The Hall–Kier alpha value is -0.860. The fraction of sp³-hybridized carbons (Fsp3) is 0.625. The lowest BCUT2D eigenvalue weighted by Crippen LogP contribution is -2.40. The first kappa shape index (κ1) is 13.6. The molecule has 1 heterocycles. The SMILES string of the molecule is CCNCC1(Cc2cccc(C)c2)CCOCC1. The molecule has 1 aliphatic rings. The number of hydrogen-bond acceptors (Lipinski definition) is 2. The zero-order chi connectivity index (χ0) is 12.8. The second-order valence-electron chi connectivity index (χ2n) is 5.56. The molecule has 1 N–H and O–H groups in total. The molecule has 0 atom stereocenters. The molecule has 2 nitrogen and oxygen atoms in total. The van der Waals surface area contributed by atoms with Crippen molar-refractivity contribution in [1.82, 2.24) is 5.32 Å². The molecule has 1 aliphatic heterocycles. The van der Waals surface area contributed by atoms with Gasteiger partial charge in [-0.05, 0) is 43.7 Å². The van der Waals surface area contributed by atoms with Gasteiger partial charge in [0.05, 0.1) is 0 Å². The lowest BCUT2D eigenvalue weighted by Gasteiger charge is -2.37. The van der Waals surface area contributed by atoms with Gasteiger partial charge in [-0.25, -0.2) is 0 Å². The van der Waals surface area contributed by atoms with Crippen LogP contribution in [0.1, 0.15) is 30.9 Å². The van der Waals surface area contributed by atoms with E-state index < -0.39 is 0 Å². The maximum absolute atomic E-state index is 5.54. The minimum absolute atomic E-state index is 0.391. The third kappa shape index (κ3) is 3.56. The maximum Gasteiger partial charge on any atom is 0.0471 e. The van der Waals surface area contributed by atoms with Crippen LogP contribution in [0.4, 0.5) is 0 Å². The van der Waals surface area contributed by atoms with Gasteiger partial charge in [-0.15, -0.1) is 0 Å².